The Morgan fingerprint density at radius 3 is 2.21 bits per heavy atom. The van der Waals surface area contributed by atoms with Gasteiger partial charge in [-0.1, -0.05) is 37.3 Å². The highest BCUT2D eigenvalue weighted by Crippen LogP contribution is 2.53. The van der Waals surface area contributed by atoms with E-state index in [1.165, 1.54) is 0 Å². The summed E-state index contributed by atoms with van der Waals surface area (Å²) in [6.45, 7) is 1.83. The Balaban J connectivity index is 1.32. The standard InChI is InChI=1S/C27H29NO6/c1-2-14-33-26(31)18-10-12-21(13-11-18)28-22(29)16-34-27(32)24-20-9-8-19(15-20)23(24)25(30)17-6-4-3-5-7-17/h3-7,10-13,19-20,23-24H,2,8-9,14-16H2,1H3,(H,28,29)/t19-,20-,23+,24-/m0/s1. The van der Waals surface area contributed by atoms with Crippen LogP contribution in [0.3, 0.4) is 0 Å². The van der Waals surface area contributed by atoms with Gasteiger partial charge in [-0.25, -0.2) is 4.79 Å². The summed E-state index contributed by atoms with van der Waals surface area (Å²) in [6.07, 6.45) is 3.44. The number of fused-ring (bicyclic) bond motifs is 2. The average Bonchev–Trinajstić information content (AvgIpc) is 3.48. The number of carbonyl (C=O) groups is 4. The molecule has 2 saturated carbocycles. The number of esters is 2. The molecule has 2 fully saturated rings. The van der Waals surface area contributed by atoms with E-state index in [1.54, 1.807) is 36.4 Å². The monoisotopic (exact) mass is 463 g/mol. The van der Waals surface area contributed by atoms with Gasteiger partial charge in [-0.15, -0.1) is 0 Å². The van der Waals surface area contributed by atoms with E-state index in [0.717, 1.165) is 25.7 Å². The first kappa shape index (κ1) is 23.7. The van der Waals surface area contributed by atoms with Gasteiger partial charge in [0.15, 0.2) is 12.4 Å². The lowest BCUT2D eigenvalue weighted by atomic mass is 9.75. The molecule has 0 aromatic heterocycles. The summed E-state index contributed by atoms with van der Waals surface area (Å²) in [6, 6.07) is 15.4. The Morgan fingerprint density at radius 2 is 1.53 bits per heavy atom. The number of benzene rings is 2. The lowest BCUT2D eigenvalue weighted by Crippen LogP contribution is -2.37. The number of carbonyl (C=O) groups excluding carboxylic acids is 4. The van der Waals surface area contributed by atoms with Gasteiger partial charge in [0.05, 0.1) is 18.1 Å². The van der Waals surface area contributed by atoms with E-state index >= 15 is 0 Å². The molecule has 0 heterocycles. The summed E-state index contributed by atoms with van der Waals surface area (Å²) in [5, 5.41) is 2.66. The minimum Gasteiger partial charge on any atom is -0.462 e. The Bertz CT molecular complexity index is 1050. The zero-order valence-electron chi connectivity index (χ0n) is 19.2. The third-order valence-corrected chi connectivity index (χ3v) is 6.74. The molecule has 7 nitrogen and oxygen atoms in total. The second kappa shape index (κ2) is 10.6. The quantitative estimate of drug-likeness (QED) is 0.440. The van der Waals surface area contributed by atoms with Crippen LogP contribution in [0.15, 0.2) is 54.6 Å². The van der Waals surface area contributed by atoms with Gasteiger partial charge < -0.3 is 14.8 Å². The molecule has 2 aliphatic rings. The molecule has 0 saturated heterocycles. The molecule has 7 heteroatoms. The van der Waals surface area contributed by atoms with E-state index < -0.39 is 36.3 Å². The van der Waals surface area contributed by atoms with E-state index in [9.17, 15) is 19.2 Å². The van der Waals surface area contributed by atoms with Gasteiger partial charge in [0.25, 0.3) is 5.91 Å². The molecule has 2 aromatic carbocycles. The summed E-state index contributed by atoms with van der Waals surface area (Å²) >= 11 is 0. The molecule has 0 unspecified atom stereocenters. The van der Waals surface area contributed by atoms with Crippen LogP contribution in [0.25, 0.3) is 0 Å². The Labute approximate surface area is 198 Å². The lowest BCUT2D eigenvalue weighted by molar-refractivity contribution is -0.154. The molecule has 178 valence electrons. The maximum absolute atomic E-state index is 13.1. The number of anilines is 1. The number of hydrogen-bond acceptors (Lipinski definition) is 6. The summed E-state index contributed by atoms with van der Waals surface area (Å²) in [7, 11) is 0. The second-order valence-electron chi connectivity index (χ2n) is 8.98. The highest BCUT2D eigenvalue weighted by molar-refractivity contribution is 6.01. The second-order valence-corrected chi connectivity index (χ2v) is 8.98. The van der Waals surface area contributed by atoms with Crippen LogP contribution >= 0.6 is 0 Å². The van der Waals surface area contributed by atoms with Crippen LogP contribution in [-0.2, 0) is 19.1 Å². The highest BCUT2D eigenvalue weighted by Gasteiger charge is 2.54. The minimum atomic E-state index is -0.507. The predicted molar refractivity (Wildman–Crippen MR) is 125 cm³/mol. The topological polar surface area (TPSA) is 98.8 Å². The summed E-state index contributed by atoms with van der Waals surface area (Å²) in [5.74, 6) is -1.99. The maximum Gasteiger partial charge on any atom is 0.338 e. The van der Waals surface area contributed by atoms with Crippen LogP contribution in [-0.4, -0.2) is 36.8 Å². The zero-order valence-corrected chi connectivity index (χ0v) is 19.2. The molecule has 4 rings (SSSR count). The number of hydrogen-bond donors (Lipinski definition) is 1. The normalized spacial score (nSPS) is 22.7. The van der Waals surface area contributed by atoms with Crippen LogP contribution < -0.4 is 5.32 Å². The number of ketones is 1. The van der Waals surface area contributed by atoms with Gasteiger partial charge in [-0.3, -0.25) is 14.4 Å². The molecule has 1 N–H and O–H groups in total. The maximum atomic E-state index is 13.1. The Morgan fingerprint density at radius 1 is 0.853 bits per heavy atom. The van der Waals surface area contributed by atoms with Crippen LogP contribution in [0.5, 0.6) is 0 Å². The largest absolute Gasteiger partial charge is 0.462 e. The van der Waals surface area contributed by atoms with Crippen molar-refractivity contribution in [2.24, 2.45) is 23.7 Å². The van der Waals surface area contributed by atoms with Gasteiger partial charge >= 0.3 is 11.9 Å². The number of ether oxygens (including phenoxy) is 2. The number of rotatable bonds is 9. The van der Waals surface area contributed by atoms with Crippen molar-refractivity contribution < 1.29 is 28.7 Å². The van der Waals surface area contributed by atoms with Crippen molar-refractivity contribution in [3.05, 3.63) is 65.7 Å². The molecule has 2 aromatic rings. The molecule has 2 bridgehead atoms. The summed E-state index contributed by atoms with van der Waals surface area (Å²) in [4.78, 5) is 50.3. The van der Waals surface area contributed by atoms with Crippen molar-refractivity contribution in [1.82, 2.24) is 0 Å². The molecule has 34 heavy (non-hydrogen) atoms. The number of nitrogens with one attached hydrogen (secondary N) is 1. The van der Waals surface area contributed by atoms with Gasteiger partial charge in [-0.05, 0) is 61.8 Å². The minimum absolute atomic E-state index is 0.0169. The summed E-state index contributed by atoms with van der Waals surface area (Å²) < 4.78 is 10.4. The van der Waals surface area contributed by atoms with Crippen molar-refractivity contribution in [1.29, 1.82) is 0 Å². The third-order valence-electron chi connectivity index (χ3n) is 6.74. The van der Waals surface area contributed by atoms with E-state index in [0.29, 0.717) is 23.4 Å². The molecular formula is C27H29NO6. The fourth-order valence-electron chi connectivity index (χ4n) is 5.20. The van der Waals surface area contributed by atoms with Crippen LogP contribution in [0.2, 0.25) is 0 Å². The molecule has 1 amide bonds. The molecule has 4 atom stereocenters. The highest BCUT2D eigenvalue weighted by atomic mass is 16.5. The Hall–Kier alpha value is -3.48. The summed E-state index contributed by atoms with van der Waals surface area (Å²) in [5.41, 5.74) is 1.48. The smallest absolute Gasteiger partial charge is 0.338 e. The van der Waals surface area contributed by atoms with Crippen LogP contribution in [0.1, 0.15) is 53.3 Å². The van der Waals surface area contributed by atoms with Crippen molar-refractivity contribution >= 4 is 29.3 Å². The van der Waals surface area contributed by atoms with E-state index in [4.69, 9.17) is 9.47 Å². The van der Waals surface area contributed by atoms with Gasteiger partial charge in [-0.2, -0.15) is 0 Å². The van der Waals surface area contributed by atoms with Crippen LogP contribution in [0, 0.1) is 23.7 Å². The molecule has 2 aliphatic carbocycles. The van der Waals surface area contributed by atoms with Gasteiger partial charge in [0.1, 0.15) is 0 Å². The molecule has 0 spiro atoms. The molecule has 0 radical (unpaired) electrons. The fraction of sp³-hybridized carbons (Fsp3) is 0.407. The zero-order chi connectivity index (χ0) is 24.1. The first-order valence-corrected chi connectivity index (χ1v) is 11.8. The van der Waals surface area contributed by atoms with Crippen molar-refractivity contribution in [3.63, 3.8) is 0 Å². The average molecular weight is 464 g/mol. The van der Waals surface area contributed by atoms with Gasteiger partial charge in [0, 0.05) is 17.2 Å². The van der Waals surface area contributed by atoms with E-state index in [-0.39, 0.29) is 17.6 Å². The van der Waals surface area contributed by atoms with Crippen molar-refractivity contribution in [3.8, 4) is 0 Å². The van der Waals surface area contributed by atoms with Crippen molar-refractivity contribution in [2.75, 3.05) is 18.5 Å². The fourth-order valence-corrected chi connectivity index (χ4v) is 5.20. The SMILES string of the molecule is CCCOC(=O)c1ccc(NC(=O)COC(=O)[C@H]2[C@H]3CC[C@@H](C3)[C@H]2C(=O)c2ccccc2)cc1. The number of Topliss-reactive ketones (excluding diaryl/α,β-unsaturated/α-hetero) is 1. The molecule has 0 aliphatic heterocycles. The predicted octanol–water partition coefficient (Wildman–Crippen LogP) is 4.28. The lowest BCUT2D eigenvalue weighted by Gasteiger charge is -2.28. The van der Waals surface area contributed by atoms with Crippen LogP contribution in [0.4, 0.5) is 5.69 Å². The number of amides is 1. The van der Waals surface area contributed by atoms with E-state index in [2.05, 4.69) is 5.32 Å². The van der Waals surface area contributed by atoms with E-state index in [1.807, 2.05) is 25.1 Å². The first-order valence-electron chi connectivity index (χ1n) is 11.8. The first-order chi connectivity index (χ1) is 16.5. The van der Waals surface area contributed by atoms with Gasteiger partial charge in [0.2, 0.25) is 0 Å². The Kier molecular flexibility index (Phi) is 7.40. The molecular weight excluding hydrogens is 434 g/mol. The van der Waals surface area contributed by atoms with Crippen molar-refractivity contribution in [2.45, 2.75) is 32.6 Å². The third kappa shape index (κ3) is 5.19.